The lowest BCUT2D eigenvalue weighted by molar-refractivity contribution is 0.291. The standard InChI is InChI=1S/C10H11N3O/c1-2-8(1)7-14-10-9-3-4-12-13(9)6-5-11-10/h3-6,8H,1-2,7H2. The van der Waals surface area contributed by atoms with Crippen LogP contribution >= 0.6 is 0 Å². The minimum Gasteiger partial charge on any atom is -0.476 e. The Labute approximate surface area is 81.5 Å². The summed E-state index contributed by atoms with van der Waals surface area (Å²) in [5, 5.41) is 4.12. The second kappa shape index (κ2) is 2.97. The van der Waals surface area contributed by atoms with Gasteiger partial charge in [-0.05, 0) is 24.8 Å². The molecule has 0 spiro atoms. The highest BCUT2D eigenvalue weighted by Gasteiger charge is 2.22. The van der Waals surface area contributed by atoms with Crippen molar-refractivity contribution < 1.29 is 4.74 Å². The lowest BCUT2D eigenvalue weighted by Gasteiger charge is -2.04. The number of hydrogen-bond donors (Lipinski definition) is 0. The fraction of sp³-hybridized carbons (Fsp3) is 0.400. The van der Waals surface area contributed by atoms with Crippen LogP contribution < -0.4 is 4.74 Å². The highest BCUT2D eigenvalue weighted by Crippen LogP contribution is 2.29. The summed E-state index contributed by atoms with van der Waals surface area (Å²) in [6, 6.07) is 1.91. The maximum Gasteiger partial charge on any atom is 0.240 e. The number of fused-ring (bicyclic) bond motifs is 1. The van der Waals surface area contributed by atoms with Gasteiger partial charge in [-0.2, -0.15) is 5.10 Å². The Kier molecular flexibility index (Phi) is 1.65. The summed E-state index contributed by atoms with van der Waals surface area (Å²) >= 11 is 0. The van der Waals surface area contributed by atoms with Crippen molar-refractivity contribution >= 4 is 5.52 Å². The fourth-order valence-corrected chi connectivity index (χ4v) is 1.43. The average Bonchev–Trinajstić information content (AvgIpc) is 2.91. The Morgan fingerprint density at radius 2 is 2.36 bits per heavy atom. The molecule has 2 heterocycles. The molecule has 0 radical (unpaired) electrons. The molecule has 1 aliphatic rings. The highest BCUT2D eigenvalue weighted by molar-refractivity contribution is 5.54. The highest BCUT2D eigenvalue weighted by atomic mass is 16.5. The summed E-state index contributed by atoms with van der Waals surface area (Å²) in [5.74, 6) is 1.44. The summed E-state index contributed by atoms with van der Waals surface area (Å²) in [4.78, 5) is 4.20. The largest absolute Gasteiger partial charge is 0.476 e. The van der Waals surface area contributed by atoms with Crippen molar-refractivity contribution in [2.24, 2.45) is 5.92 Å². The van der Waals surface area contributed by atoms with Gasteiger partial charge in [0.1, 0.15) is 5.52 Å². The molecule has 4 nitrogen and oxygen atoms in total. The molecule has 2 aromatic rings. The van der Waals surface area contributed by atoms with Crippen molar-refractivity contribution in [3.05, 3.63) is 24.7 Å². The predicted octanol–water partition coefficient (Wildman–Crippen LogP) is 1.52. The Bertz CT molecular complexity index is 447. The number of hydrogen-bond acceptors (Lipinski definition) is 3. The van der Waals surface area contributed by atoms with Crippen molar-refractivity contribution in [2.45, 2.75) is 12.8 Å². The Balaban J connectivity index is 1.89. The van der Waals surface area contributed by atoms with E-state index in [-0.39, 0.29) is 0 Å². The summed E-state index contributed by atoms with van der Waals surface area (Å²) in [6.45, 7) is 0.790. The van der Waals surface area contributed by atoms with E-state index in [1.54, 1.807) is 16.9 Å². The normalized spacial score (nSPS) is 16.0. The SMILES string of the molecule is c1cn2nccc2c(OCC2CC2)n1. The molecule has 0 bridgehead atoms. The second-order valence-electron chi connectivity index (χ2n) is 3.65. The van der Waals surface area contributed by atoms with E-state index in [1.165, 1.54) is 12.8 Å². The van der Waals surface area contributed by atoms with Crippen LogP contribution in [-0.2, 0) is 0 Å². The Morgan fingerprint density at radius 1 is 1.43 bits per heavy atom. The molecule has 0 aliphatic heterocycles. The monoisotopic (exact) mass is 189 g/mol. The first-order valence-corrected chi connectivity index (χ1v) is 4.84. The summed E-state index contributed by atoms with van der Waals surface area (Å²) < 4.78 is 7.40. The van der Waals surface area contributed by atoms with E-state index in [9.17, 15) is 0 Å². The van der Waals surface area contributed by atoms with Crippen molar-refractivity contribution in [1.29, 1.82) is 0 Å². The van der Waals surface area contributed by atoms with E-state index >= 15 is 0 Å². The van der Waals surface area contributed by atoms with Crippen molar-refractivity contribution in [2.75, 3.05) is 6.61 Å². The minimum atomic E-state index is 0.692. The van der Waals surface area contributed by atoms with Crippen LogP contribution in [0.15, 0.2) is 24.7 Å². The first-order chi connectivity index (χ1) is 6.93. The number of aromatic nitrogens is 3. The van der Waals surface area contributed by atoms with Gasteiger partial charge >= 0.3 is 0 Å². The third-order valence-corrected chi connectivity index (χ3v) is 2.44. The molecule has 0 N–H and O–H groups in total. The quantitative estimate of drug-likeness (QED) is 0.734. The van der Waals surface area contributed by atoms with Gasteiger partial charge in [0.15, 0.2) is 0 Å². The zero-order chi connectivity index (χ0) is 9.38. The van der Waals surface area contributed by atoms with Crippen LogP contribution in [0.1, 0.15) is 12.8 Å². The third kappa shape index (κ3) is 1.32. The van der Waals surface area contributed by atoms with Crippen molar-refractivity contribution in [3.8, 4) is 5.88 Å². The summed E-state index contributed by atoms with van der Waals surface area (Å²) in [6.07, 6.45) is 7.87. The van der Waals surface area contributed by atoms with Crippen LogP contribution in [0.25, 0.3) is 5.52 Å². The van der Waals surface area contributed by atoms with Crippen LogP contribution in [0.2, 0.25) is 0 Å². The average molecular weight is 189 g/mol. The van der Waals surface area contributed by atoms with E-state index in [1.807, 2.05) is 12.3 Å². The molecule has 72 valence electrons. The molecule has 1 aliphatic carbocycles. The lowest BCUT2D eigenvalue weighted by atomic mass is 10.4. The van der Waals surface area contributed by atoms with E-state index < -0.39 is 0 Å². The lowest BCUT2D eigenvalue weighted by Crippen LogP contribution is -2.02. The summed E-state index contributed by atoms with van der Waals surface area (Å²) in [7, 11) is 0. The molecule has 0 aromatic carbocycles. The number of nitrogens with zero attached hydrogens (tertiary/aromatic N) is 3. The first-order valence-electron chi connectivity index (χ1n) is 4.84. The maximum absolute atomic E-state index is 5.63. The van der Waals surface area contributed by atoms with Crippen LogP contribution in [0.3, 0.4) is 0 Å². The van der Waals surface area contributed by atoms with Gasteiger partial charge in [-0.1, -0.05) is 0 Å². The molecule has 0 unspecified atom stereocenters. The van der Waals surface area contributed by atoms with E-state index in [0.717, 1.165) is 18.0 Å². The van der Waals surface area contributed by atoms with Gasteiger partial charge in [0.05, 0.1) is 12.8 Å². The van der Waals surface area contributed by atoms with Gasteiger partial charge in [-0.25, -0.2) is 9.50 Å². The zero-order valence-corrected chi connectivity index (χ0v) is 7.76. The van der Waals surface area contributed by atoms with E-state index in [0.29, 0.717) is 5.88 Å². The summed E-state index contributed by atoms with van der Waals surface area (Å²) in [5.41, 5.74) is 0.938. The maximum atomic E-state index is 5.63. The van der Waals surface area contributed by atoms with Crippen LogP contribution in [-0.4, -0.2) is 21.2 Å². The fourth-order valence-electron chi connectivity index (χ4n) is 1.43. The molecule has 2 aromatic heterocycles. The molecule has 1 saturated carbocycles. The molecular weight excluding hydrogens is 178 g/mol. The molecule has 1 fully saturated rings. The van der Waals surface area contributed by atoms with Crippen LogP contribution in [0.4, 0.5) is 0 Å². The van der Waals surface area contributed by atoms with Gasteiger partial charge in [0.2, 0.25) is 5.88 Å². The molecule has 3 rings (SSSR count). The molecule has 0 saturated heterocycles. The first kappa shape index (κ1) is 7.79. The molecule has 0 amide bonds. The van der Waals surface area contributed by atoms with Gasteiger partial charge in [-0.15, -0.1) is 0 Å². The van der Waals surface area contributed by atoms with Gasteiger partial charge in [0, 0.05) is 12.4 Å². The van der Waals surface area contributed by atoms with E-state index in [4.69, 9.17) is 4.74 Å². The number of ether oxygens (including phenoxy) is 1. The predicted molar refractivity (Wildman–Crippen MR) is 51.2 cm³/mol. The third-order valence-electron chi connectivity index (χ3n) is 2.44. The smallest absolute Gasteiger partial charge is 0.240 e. The van der Waals surface area contributed by atoms with Crippen molar-refractivity contribution in [3.63, 3.8) is 0 Å². The number of rotatable bonds is 3. The van der Waals surface area contributed by atoms with Gasteiger partial charge in [0.25, 0.3) is 0 Å². The zero-order valence-electron chi connectivity index (χ0n) is 7.76. The van der Waals surface area contributed by atoms with Crippen molar-refractivity contribution in [1.82, 2.24) is 14.6 Å². The van der Waals surface area contributed by atoms with E-state index in [2.05, 4.69) is 10.1 Å². The van der Waals surface area contributed by atoms with Gasteiger partial charge in [-0.3, -0.25) is 0 Å². The van der Waals surface area contributed by atoms with Gasteiger partial charge < -0.3 is 4.74 Å². The Hall–Kier alpha value is -1.58. The molecule has 4 heteroatoms. The Morgan fingerprint density at radius 3 is 3.21 bits per heavy atom. The second-order valence-corrected chi connectivity index (χ2v) is 3.65. The minimum absolute atomic E-state index is 0.692. The van der Waals surface area contributed by atoms with Crippen LogP contribution in [0.5, 0.6) is 5.88 Å². The molecule has 14 heavy (non-hydrogen) atoms. The molecular formula is C10H11N3O. The molecule has 0 atom stereocenters. The topological polar surface area (TPSA) is 39.4 Å². The van der Waals surface area contributed by atoms with Crippen LogP contribution in [0, 0.1) is 5.92 Å².